The van der Waals surface area contributed by atoms with Crippen LogP contribution in [0.3, 0.4) is 0 Å². The minimum atomic E-state index is -0.569. The maximum atomic E-state index is 12.2. The van der Waals surface area contributed by atoms with E-state index < -0.39 is 11.7 Å². The number of aliphatic hydroxyl groups excluding tert-OH is 1. The predicted molar refractivity (Wildman–Crippen MR) is 83.4 cm³/mol. The minimum Gasteiger partial charge on any atom is -0.444 e. The lowest BCUT2D eigenvalue weighted by atomic mass is 10.00. The molecule has 7 heteroatoms. The molecule has 1 aromatic rings. The van der Waals surface area contributed by atoms with Gasteiger partial charge in [0.05, 0.1) is 17.7 Å². The largest absolute Gasteiger partial charge is 0.444 e. The molecule has 6 nitrogen and oxygen atoms in total. The molecule has 0 aromatic carbocycles. The van der Waals surface area contributed by atoms with Crippen molar-refractivity contribution in [3.8, 4) is 0 Å². The van der Waals surface area contributed by atoms with Gasteiger partial charge in [-0.15, -0.1) is 0 Å². The molecule has 0 aliphatic carbocycles. The first-order valence-electron chi connectivity index (χ1n) is 7.07. The Labute approximate surface area is 134 Å². The molecule has 0 saturated carbocycles. The molecule has 1 aromatic heterocycles. The third-order valence-electron chi connectivity index (χ3n) is 3.18. The van der Waals surface area contributed by atoms with Gasteiger partial charge in [-0.05, 0) is 32.8 Å². The number of rotatable bonds is 2. The van der Waals surface area contributed by atoms with Gasteiger partial charge in [0.2, 0.25) is 0 Å². The Hall–Kier alpha value is -1.66. The van der Waals surface area contributed by atoms with Crippen molar-refractivity contribution in [3.63, 3.8) is 0 Å². The highest BCUT2D eigenvalue weighted by Gasteiger charge is 2.31. The van der Waals surface area contributed by atoms with Crippen LogP contribution in [0.2, 0.25) is 5.02 Å². The molecule has 1 amide bonds. The number of amides is 1. The van der Waals surface area contributed by atoms with E-state index in [0.717, 1.165) is 5.57 Å². The van der Waals surface area contributed by atoms with Crippen LogP contribution in [0, 0.1) is 0 Å². The van der Waals surface area contributed by atoms with Crippen LogP contribution in [0.5, 0.6) is 0 Å². The van der Waals surface area contributed by atoms with Crippen LogP contribution in [-0.2, 0) is 4.74 Å². The molecule has 2 rings (SSSR count). The van der Waals surface area contributed by atoms with Gasteiger partial charge in [-0.3, -0.25) is 4.90 Å². The van der Waals surface area contributed by atoms with E-state index in [2.05, 4.69) is 9.97 Å². The van der Waals surface area contributed by atoms with Crippen molar-refractivity contribution >= 4 is 23.3 Å². The number of aromatic nitrogens is 2. The van der Waals surface area contributed by atoms with Crippen LogP contribution in [0.25, 0.3) is 5.57 Å². The highest BCUT2D eigenvalue weighted by atomic mass is 35.5. The molecule has 2 heterocycles. The number of aliphatic hydroxyl groups is 1. The second-order valence-electron chi connectivity index (χ2n) is 6.13. The molecular weight excluding hydrogens is 306 g/mol. The highest BCUT2D eigenvalue weighted by molar-refractivity contribution is 6.30. The molecule has 1 N–H and O–H groups in total. The maximum Gasteiger partial charge on any atom is 0.410 e. The molecule has 0 unspecified atom stereocenters. The van der Waals surface area contributed by atoms with Gasteiger partial charge in [-0.25, -0.2) is 14.8 Å². The van der Waals surface area contributed by atoms with E-state index in [0.29, 0.717) is 23.8 Å². The Morgan fingerprint density at radius 3 is 2.64 bits per heavy atom. The zero-order chi connectivity index (χ0) is 16.3. The first-order chi connectivity index (χ1) is 10.3. The molecule has 1 aliphatic rings. The Morgan fingerprint density at radius 1 is 1.45 bits per heavy atom. The van der Waals surface area contributed by atoms with E-state index in [9.17, 15) is 9.90 Å². The van der Waals surface area contributed by atoms with Crippen molar-refractivity contribution in [2.45, 2.75) is 38.8 Å². The van der Waals surface area contributed by atoms with E-state index in [-0.39, 0.29) is 12.6 Å². The number of carbonyl (C=O) groups excluding carboxylic acids is 1. The first-order valence-corrected chi connectivity index (χ1v) is 7.45. The van der Waals surface area contributed by atoms with Gasteiger partial charge in [0.15, 0.2) is 5.82 Å². The summed E-state index contributed by atoms with van der Waals surface area (Å²) in [6.07, 6.45) is 4.97. The van der Waals surface area contributed by atoms with Crippen molar-refractivity contribution in [1.82, 2.24) is 14.9 Å². The molecule has 0 bridgehead atoms. The average Bonchev–Trinajstić information content (AvgIpc) is 2.45. The lowest BCUT2D eigenvalue weighted by molar-refractivity contribution is 0.0119. The third kappa shape index (κ3) is 4.18. The average molecular weight is 326 g/mol. The van der Waals surface area contributed by atoms with Crippen molar-refractivity contribution < 1.29 is 14.6 Å². The number of hydrogen-bond donors (Lipinski definition) is 1. The van der Waals surface area contributed by atoms with Crippen molar-refractivity contribution in [2.24, 2.45) is 0 Å². The lowest BCUT2D eigenvalue weighted by Gasteiger charge is -2.35. The molecule has 0 fully saturated rings. The standard InChI is InChI=1S/C15H20ClN3O3/c1-15(2,3)22-14(21)19-5-4-10(6-12(19)9-20)13-17-7-11(16)8-18-13/h4,7-8,12,20H,5-6,9H2,1-3H3/t12-/m1/s1. The molecule has 0 saturated heterocycles. The summed E-state index contributed by atoms with van der Waals surface area (Å²) in [6.45, 7) is 5.63. The van der Waals surface area contributed by atoms with Gasteiger partial charge in [0, 0.05) is 18.9 Å². The van der Waals surface area contributed by atoms with Crippen LogP contribution in [-0.4, -0.2) is 50.9 Å². The van der Waals surface area contributed by atoms with Crippen molar-refractivity contribution in [3.05, 3.63) is 29.3 Å². The number of halogens is 1. The first kappa shape index (κ1) is 16.7. The second kappa shape index (κ2) is 6.62. The number of hydrogen-bond acceptors (Lipinski definition) is 5. The molecule has 1 aliphatic heterocycles. The minimum absolute atomic E-state index is 0.149. The zero-order valence-corrected chi connectivity index (χ0v) is 13.7. The normalized spacial score (nSPS) is 18.9. The third-order valence-corrected chi connectivity index (χ3v) is 3.37. The van der Waals surface area contributed by atoms with E-state index >= 15 is 0 Å². The second-order valence-corrected chi connectivity index (χ2v) is 6.56. The Bertz CT molecular complexity index is 566. The van der Waals surface area contributed by atoms with Gasteiger partial charge in [-0.2, -0.15) is 0 Å². The summed E-state index contributed by atoms with van der Waals surface area (Å²) in [7, 11) is 0. The number of carbonyl (C=O) groups is 1. The Balaban J connectivity index is 2.14. The van der Waals surface area contributed by atoms with E-state index in [1.807, 2.05) is 26.8 Å². The molecule has 22 heavy (non-hydrogen) atoms. The maximum absolute atomic E-state index is 12.2. The SMILES string of the molecule is CC(C)(C)OC(=O)N1CC=C(c2ncc(Cl)cn2)C[C@@H]1CO. The summed E-state index contributed by atoms with van der Waals surface area (Å²) in [6, 6.07) is -0.353. The monoisotopic (exact) mass is 325 g/mol. The van der Waals surface area contributed by atoms with Crippen LogP contribution in [0.15, 0.2) is 18.5 Å². The molecular formula is C15H20ClN3O3. The summed E-state index contributed by atoms with van der Waals surface area (Å²) in [4.78, 5) is 22.0. The van der Waals surface area contributed by atoms with Gasteiger partial charge >= 0.3 is 6.09 Å². The summed E-state index contributed by atoms with van der Waals surface area (Å²) in [5.74, 6) is 0.562. The molecule has 1 atom stereocenters. The fraction of sp³-hybridized carbons (Fsp3) is 0.533. The number of ether oxygens (including phenoxy) is 1. The van der Waals surface area contributed by atoms with Crippen LogP contribution < -0.4 is 0 Å². The Kier molecular flexibility index (Phi) is 5.03. The fourth-order valence-corrected chi connectivity index (χ4v) is 2.27. The van der Waals surface area contributed by atoms with Gasteiger partial charge in [0.25, 0.3) is 0 Å². The van der Waals surface area contributed by atoms with Gasteiger partial charge in [-0.1, -0.05) is 17.7 Å². The quantitative estimate of drug-likeness (QED) is 0.904. The topological polar surface area (TPSA) is 75.5 Å². The zero-order valence-electron chi connectivity index (χ0n) is 12.9. The smallest absolute Gasteiger partial charge is 0.410 e. The summed E-state index contributed by atoms with van der Waals surface area (Å²) in [5.41, 5.74) is 0.316. The van der Waals surface area contributed by atoms with E-state index in [1.165, 1.54) is 17.3 Å². The van der Waals surface area contributed by atoms with E-state index in [4.69, 9.17) is 16.3 Å². The molecule has 0 radical (unpaired) electrons. The lowest BCUT2D eigenvalue weighted by Crippen LogP contribution is -2.47. The molecule has 0 spiro atoms. The molecule has 120 valence electrons. The summed E-state index contributed by atoms with van der Waals surface area (Å²) in [5, 5.41) is 10.0. The fourth-order valence-electron chi connectivity index (χ4n) is 2.17. The van der Waals surface area contributed by atoms with Crippen LogP contribution in [0.4, 0.5) is 4.79 Å². The van der Waals surface area contributed by atoms with Gasteiger partial charge < -0.3 is 9.84 Å². The predicted octanol–water partition coefficient (Wildman–Crippen LogP) is 2.52. The van der Waals surface area contributed by atoms with Crippen molar-refractivity contribution in [2.75, 3.05) is 13.2 Å². The number of nitrogens with zero attached hydrogens (tertiary/aromatic N) is 3. The van der Waals surface area contributed by atoms with Crippen LogP contribution in [0.1, 0.15) is 33.0 Å². The Morgan fingerprint density at radius 2 is 2.09 bits per heavy atom. The van der Waals surface area contributed by atoms with Crippen molar-refractivity contribution in [1.29, 1.82) is 0 Å². The van der Waals surface area contributed by atoms with E-state index in [1.54, 1.807) is 0 Å². The summed E-state index contributed by atoms with van der Waals surface area (Å²) < 4.78 is 5.36. The van der Waals surface area contributed by atoms with Gasteiger partial charge in [0.1, 0.15) is 5.60 Å². The highest BCUT2D eigenvalue weighted by Crippen LogP contribution is 2.25. The summed E-state index contributed by atoms with van der Waals surface area (Å²) >= 11 is 5.78. The van der Waals surface area contributed by atoms with Crippen LogP contribution >= 0.6 is 11.6 Å².